The van der Waals surface area contributed by atoms with Crippen molar-refractivity contribution in [3.8, 4) is 0 Å². The van der Waals surface area contributed by atoms with E-state index in [-0.39, 0.29) is 5.97 Å². The molecule has 160 valence electrons. The van der Waals surface area contributed by atoms with Crippen molar-refractivity contribution in [3.05, 3.63) is 24.3 Å². The fourth-order valence-electron chi connectivity index (χ4n) is 3.36. The molecule has 0 saturated carbocycles. The highest BCUT2D eigenvalue weighted by molar-refractivity contribution is 5.76. The summed E-state index contributed by atoms with van der Waals surface area (Å²) in [6, 6.07) is -0.756. The molecule has 1 aliphatic rings. The molecule has 0 aromatic heterocycles. The maximum Gasteiger partial charge on any atom is 0.324 e. The second-order valence-corrected chi connectivity index (χ2v) is 7.57. The number of ether oxygens (including phenoxy) is 1. The molecule has 0 aromatic carbocycles. The highest BCUT2D eigenvalue weighted by Gasteiger charge is 2.35. The van der Waals surface area contributed by atoms with Crippen LogP contribution >= 0.6 is 0 Å². The maximum absolute atomic E-state index is 11.8. The Bertz CT molecular complexity index is 487. The monoisotopic (exact) mass is 393 g/mol. The Morgan fingerprint density at radius 1 is 0.964 bits per heavy atom. The molecule has 0 amide bonds. The first-order chi connectivity index (χ1) is 13.6. The van der Waals surface area contributed by atoms with E-state index in [1.165, 1.54) is 38.5 Å². The lowest BCUT2D eigenvalue weighted by atomic mass is 10.1. The summed E-state index contributed by atoms with van der Waals surface area (Å²) in [6.45, 7) is 2.81. The zero-order valence-corrected chi connectivity index (χ0v) is 17.5. The van der Waals surface area contributed by atoms with Gasteiger partial charge in [0, 0.05) is 6.42 Å². The third kappa shape index (κ3) is 12.0. The molecule has 1 saturated heterocycles. The molecule has 5 heteroatoms. The zero-order chi connectivity index (χ0) is 20.5. The topological polar surface area (TPSA) is 75.6 Å². The molecule has 5 nitrogen and oxygen atoms in total. The average molecular weight is 394 g/mol. The fourth-order valence-corrected chi connectivity index (χ4v) is 3.36. The van der Waals surface area contributed by atoms with Crippen LogP contribution in [0.15, 0.2) is 24.3 Å². The minimum Gasteiger partial charge on any atom is -0.480 e. The van der Waals surface area contributed by atoms with Crippen molar-refractivity contribution in [1.82, 2.24) is 5.32 Å². The molecule has 0 spiro atoms. The number of hydrogen-bond donors (Lipinski definition) is 2. The standard InChI is InChI=1S/C23H39NO4/c1-2-3-4-5-6-7-8-9-10-11-12-13-14-15-16-17-21(25)28-20-18-19-24-22(20)23(26)27/h6-7,9-10,20,22,24H,2-5,8,11-19H2,1H3,(H,26,27)/t20?,22-/m0/s1. The number of hydrogen-bond acceptors (Lipinski definition) is 4. The van der Waals surface area contributed by atoms with Crippen molar-refractivity contribution in [1.29, 1.82) is 0 Å². The Balaban J connectivity index is 1.91. The van der Waals surface area contributed by atoms with Crippen LogP contribution in [0.4, 0.5) is 0 Å². The first-order valence-electron chi connectivity index (χ1n) is 11.1. The van der Waals surface area contributed by atoms with Gasteiger partial charge in [-0.2, -0.15) is 0 Å². The van der Waals surface area contributed by atoms with Crippen LogP contribution < -0.4 is 5.32 Å². The van der Waals surface area contributed by atoms with Crippen molar-refractivity contribution in [2.24, 2.45) is 0 Å². The largest absolute Gasteiger partial charge is 0.480 e. The minimum atomic E-state index is -0.952. The average Bonchev–Trinajstić information content (AvgIpc) is 3.13. The molecule has 0 bridgehead atoms. The zero-order valence-electron chi connectivity index (χ0n) is 17.5. The number of nitrogens with one attached hydrogen (secondary N) is 1. The molecule has 1 aliphatic heterocycles. The molecule has 1 rings (SSSR count). The van der Waals surface area contributed by atoms with E-state index in [1.807, 2.05) is 0 Å². The van der Waals surface area contributed by atoms with Gasteiger partial charge in [0.1, 0.15) is 12.1 Å². The molecule has 0 radical (unpaired) electrons. The van der Waals surface area contributed by atoms with Crippen molar-refractivity contribution in [2.45, 2.75) is 103 Å². The number of carbonyl (C=O) groups is 2. The van der Waals surface area contributed by atoms with E-state index in [4.69, 9.17) is 9.84 Å². The summed E-state index contributed by atoms with van der Waals surface area (Å²) in [7, 11) is 0. The highest BCUT2D eigenvalue weighted by Crippen LogP contribution is 2.14. The molecule has 2 atom stereocenters. The van der Waals surface area contributed by atoms with E-state index in [2.05, 4.69) is 36.5 Å². The van der Waals surface area contributed by atoms with Gasteiger partial charge < -0.3 is 15.2 Å². The summed E-state index contributed by atoms with van der Waals surface area (Å²) in [6.07, 6.45) is 22.1. The third-order valence-corrected chi connectivity index (χ3v) is 5.05. The number of carboxylic acid groups (broad SMARTS) is 1. The Morgan fingerprint density at radius 2 is 1.61 bits per heavy atom. The fraction of sp³-hybridized carbons (Fsp3) is 0.739. The number of esters is 1. The third-order valence-electron chi connectivity index (χ3n) is 5.05. The second-order valence-electron chi connectivity index (χ2n) is 7.57. The second kappa shape index (κ2) is 16.3. The SMILES string of the molecule is CCCCCC=CCC=CCCCCCCCC(=O)OC1CCN[C@@H]1C(=O)O. The quantitative estimate of drug-likeness (QED) is 0.215. The lowest BCUT2D eigenvalue weighted by Crippen LogP contribution is -2.40. The molecule has 1 fully saturated rings. The predicted molar refractivity (Wildman–Crippen MR) is 113 cm³/mol. The summed E-state index contributed by atoms with van der Waals surface area (Å²) in [5, 5.41) is 11.9. The molecular formula is C23H39NO4. The van der Waals surface area contributed by atoms with Gasteiger partial charge in [-0.15, -0.1) is 0 Å². The first kappa shape index (κ1) is 24.4. The van der Waals surface area contributed by atoms with Crippen LogP contribution in [0.1, 0.15) is 90.4 Å². The van der Waals surface area contributed by atoms with Gasteiger partial charge in [0.05, 0.1) is 0 Å². The molecule has 0 aromatic rings. The number of allylic oxidation sites excluding steroid dienone is 4. The van der Waals surface area contributed by atoms with Crippen LogP contribution in [0.25, 0.3) is 0 Å². The Hall–Kier alpha value is -1.62. The molecule has 28 heavy (non-hydrogen) atoms. The van der Waals surface area contributed by atoms with Crippen molar-refractivity contribution >= 4 is 11.9 Å². The van der Waals surface area contributed by atoms with Crippen LogP contribution in [-0.2, 0) is 14.3 Å². The molecule has 1 unspecified atom stereocenters. The highest BCUT2D eigenvalue weighted by atomic mass is 16.5. The predicted octanol–water partition coefficient (Wildman–Crippen LogP) is 5.16. The Labute approximate surface area is 170 Å². The van der Waals surface area contributed by atoms with Crippen LogP contribution in [-0.4, -0.2) is 35.7 Å². The van der Waals surface area contributed by atoms with Crippen LogP contribution in [0, 0.1) is 0 Å². The number of rotatable bonds is 16. The summed E-state index contributed by atoms with van der Waals surface area (Å²) >= 11 is 0. The van der Waals surface area contributed by atoms with E-state index < -0.39 is 18.1 Å². The van der Waals surface area contributed by atoms with Crippen molar-refractivity contribution in [2.75, 3.05) is 6.54 Å². The lowest BCUT2D eigenvalue weighted by Gasteiger charge is -2.16. The van der Waals surface area contributed by atoms with Gasteiger partial charge in [-0.05, 0) is 51.5 Å². The normalized spacial score (nSPS) is 19.6. The van der Waals surface area contributed by atoms with E-state index in [9.17, 15) is 9.59 Å². The van der Waals surface area contributed by atoms with Gasteiger partial charge in [0.15, 0.2) is 0 Å². The van der Waals surface area contributed by atoms with Gasteiger partial charge in [0.2, 0.25) is 0 Å². The Kier molecular flexibility index (Phi) is 14.3. The molecular weight excluding hydrogens is 354 g/mol. The Morgan fingerprint density at radius 3 is 2.29 bits per heavy atom. The summed E-state index contributed by atoms with van der Waals surface area (Å²) < 4.78 is 5.31. The van der Waals surface area contributed by atoms with E-state index in [0.717, 1.165) is 32.1 Å². The number of carbonyl (C=O) groups excluding carboxylic acids is 1. The van der Waals surface area contributed by atoms with Gasteiger partial charge in [-0.25, -0.2) is 0 Å². The summed E-state index contributed by atoms with van der Waals surface area (Å²) in [5.74, 6) is -1.22. The summed E-state index contributed by atoms with van der Waals surface area (Å²) in [4.78, 5) is 22.9. The van der Waals surface area contributed by atoms with Gasteiger partial charge in [0.25, 0.3) is 0 Å². The molecule has 2 N–H and O–H groups in total. The van der Waals surface area contributed by atoms with Gasteiger partial charge in [-0.3, -0.25) is 9.59 Å². The lowest BCUT2D eigenvalue weighted by molar-refractivity contribution is -0.153. The number of carboxylic acids is 1. The number of unbranched alkanes of at least 4 members (excludes halogenated alkanes) is 8. The smallest absolute Gasteiger partial charge is 0.324 e. The minimum absolute atomic E-state index is 0.273. The van der Waals surface area contributed by atoms with E-state index >= 15 is 0 Å². The van der Waals surface area contributed by atoms with E-state index in [1.54, 1.807) is 0 Å². The maximum atomic E-state index is 11.8. The number of aliphatic carboxylic acids is 1. The van der Waals surface area contributed by atoms with Crippen LogP contribution in [0.2, 0.25) is 0 Å². The van der Waals surface area contributed by atoms with Crippen LogP contribution in [0.5, 0.6) is 0 Å². The van der Waals surface area contributed by atoms with Crippen molar-refractivity contribution in [3.63, 3.8) is 0 Å². The molecule has 0 aliphatic carbocycles. The van der Waals surface area contributed by atoms with E-state index in [0.29, 0.717) is 19.4 Å². The van der Waals surface area contributed by atoms with Crippen molar-refractivity contribution < 1.29 is 19.4 Å². The summed E-state index contributed by atoms with van der Waals surface area (Å²) in [5.41, 5.74) is 0. The molecule has 1 heterocycles. The van der Waals surface area contributed by atoms with Gasteiger partial charge >= 0.3 is 11.9 Å². The first-order valence-corrected chi connectivity index (χ1v) is 11.1. The van der Waals surface area contributed by atoms with Gasteiger partial charge in [-0.1, -0.05) is 63.3 Å². The van der Waals surface area contributed by atoms with Crippen LogP contribution in [0.3, 0.4) is 0 Å².